The molecule has 4 nitrogen and oxygen atoms in total. The molecule has 0 saturated carbocycles. The largest absolute Gasteiger partial charge is 0.338 e. The zero-order chi connectivity index (χ0) is 17.5. The maximum absolute atomic E-state index is 14.0. The molecular formula is C18H18FNO3S. The Morgan fingerprint density at radius 1 is 1.04 bits per heavy atom. The lowest BCUT2D eigenvalue weighted by atomic mass is 9.89. The fourth-order valence-electron chi connectivity index (χ4n) is 3.16. The van der Waals surface area contributed by atoms with E-state index in [4.69, 9.17) is 0 Å². The number of benzene rings is 2. The summed E-state index contributed by atoms with van der Waals surface area (Å²) in [7, 11) is -3.75. The van der Waals surface area contributed by atoms with Gasteiger partial charge in [0.15, 0.2) is 9.84 Å². The maximum Gasteiger partial charge on any atom is 0.229 e. The van der Waals surface area contributed by atoms with Crippen LogP contribution in [0.4, 0.5) is 4.39 Å². The Hall–Kier alpha value is -2.21. The van der Waals surface area contributed by atoms with E-state index in [1.165, 1.54) is 30.3 Å². The van der Waals surface area contributed by atoms with E-state index in [0.29, 0.717) is 0 Å². The number of carbonyl (C=O) groups excluding carboxylic acids is 1. The predicted octanol–water partition coefficient (Wildman–Crippen LogP) is 2.78. The van der Waals surface area contributed by atoms with Crippen LogP contribution in [0, 0.1) is 18.7 Å². The summed E-state index contributed by atoms with van der Waals surface area (Å²) in [6, 6.07) is 12.5. The third-order valence-electron chi connectivity index (χ3n) is 4.49. The lowest BCUT2D eigenvalue weighted by molar-refractivity contribution is -0.120. The molecule has 1 amide bonds. The van der Waals surface area contributed by atoms with Gasteiger partial charge in [0.05, 0.1) is 10.8 Å². The van der Waals surface area contributed by atoms with Crippen LogP contribution in [-0.2, 0) is 14.6 Å². The first-order chi connectivity index (χ1) is 11.3. The first-order valence-electron chi connectivity index (χ1n) is 7.68. The van der Waals surface area contributed by atoms with Crippen molar-refractivity contribution in [3.63, 3.8) is 0 Å². The molecule has 24 heavy (non-hydrogen) atoms. The van der Waals surface area contributed by atoms with Crippen LogP contribution < -0.4 is 5.32 Å². The molecule has 0 bridgehead atoms. The Labute approximate surface area is 140 Å². The summed E-state index contributed by atoms with van der Waals surface area (Å²) in [5.74, 6) is -2.37. The van der Waals surface area contributed by atoms with E-state index in [-0.39, 0.29) is 10.5 Å². The van der Waals surface area contributed by atoms with Crippen molar-refractivity contribution in [1.29, 1.82) is 0 Å². The smallest absolute Gasteiger partial charge is 0.229 e. The highest BCUT2D eigenvalue weighted by atomic mass is 32.2. The molecule has 3 atom stereocenters. The lowest BCUT2D eigenvalue weighted by Crippen LogP contribution is -2.36. The minimum Gasteiger partial charge on any atom is -0.338 e. The summed E-state index contributed by atoms with van der Waals surface area (Å²) in [6.45, 7) is 3.52. The SMILES string of the molecule is Cc1ccc(S(=O)(=O)C2NC(=O)C(c3ccccc3F)C2C)cc1. The Morgan fingerprint density at radius 3 is 2.29 bits per heavy atom. The zero-order valence-electron chi connectivity index (χ0n) is 13.4. The van der Waals surface area contributed by atoms with Gasteiger partial charge < -0.3 is 5.32 Å². The van der Waals surface area contributed by atoms with Gasteiger partial charge in [-0.15, -0.1) is 0 Å². The van der Waals surface area contributed by atoms with Crippen molar-refractivity contribution in [3.8, 4) is 0 Å². The second-order valence-electron chi connectivity index (χ2n) is 6.15. The number of carbonyl (C=O) groups is 1. The minimum absolute atomic E-state index is 0.152. The molecule has 1 aliphatic rings. The first-order valence-corrected chi connectivity index (χ1v) is 9.22. The zero-order valence-corrected chi connectivity index (χ0v) is 14.2. The Kier molecular flexibility index (Phi) is 4.17. The number of nitrogens with one attached hydrogen (secondary N) is 1. The first kappa shape index (κ1) is 16.6. The average molecular weight is 347 g/mol. The minimum atomic E-state index is -3.75. The standard InChI is InChI=1S/C18H18FNO3S/c1-11-7-9-13(10-8-11)24(22,23)18-12(2)16(17(21)20-18)14-5-3-4-6-15(14)19/h3-10,12,16,18H,1-2H3,(H,20,21). The molecule has 1 N–H and O–H groups in total. The molecule has 0 aliphatic carbocycles. The molecule has 0 spiro atoms. The van der Waals surface area contributed by atoms with Crippen molar-refractivity contribution < 1.29 is 17.6 Å². The van der Waals surface area contributed by atoms with Gasteiger partial charge in [0, 0.05) is 11.5 Å². The van der Waals surface area contributed by atoms with E-state index in [9.17, 15) is 17.6 Å². The maximum atomic E-state index is 14.0. The molecule has 1 aliphatic heterocycles. The van der Waals surface area contributed by atoms with Gasteiger partial charge in [-0.05, 0) is 25.1 Å². The van der Waals surface area contributed by atoms with Crippen molar-refractivity contribution in [1.82, 2.24) is 5.32 Å². The van der Waals surface area contributed by atoms with Gasteiger partial charge in [-0.25, -0.2) is 12.8 Å². The third-order valence-corrected chi connectivity index (χ3v) is 6.64. The van der Waals surface area contributed by atoms with Crippen molar-refractivity contribution in [2.24, 2.45) is 5.92 Å². The van der Waals surface area contributed by atoms with Crippen molar-refractivity contribution in [2.75, 3.05) is 0 Å². The third kappa shape index (κ3) is 2.71. The van der Waals surface area contributed by atoms with E-state index >= 15 is 0 Å². The Balaban J connectivity index is 1.98. The van der Waals surface area contributed by atoms with E-state index in [1.807, 2.05) is 6.92 Å². The second kappa shape index (κ2) is 6.02. The summed E-state index contributed by atoms with van der Waals surface area (Å²) in [5, 5.41) is 1.47. The molecule has 126 valence electrons. The van der Waals surface area contributed by atoms with E-state index in [0.717, 1.165) is 5.56 Å². The molecular weight excluding hydrogens is 329 g/mol. The van der Waals surface area contributed by atoms with Crippen LogP contribution in [-0.4, -0.2) is 19.7 Å². The predicted molar refractivity (Wildman–Crippen MR) is 88.6 cm³/mol. The highest BCUT2D eigenvalue weighted by Gasteiger charge is 2.47. The number of sulfone groups is 1. The Bertz CT molecular complexity index is 877. The lowest BCUT2D eigenvalue weighted by Gasteiger charge is -2.19. The number of rotatable bonds is 3. The van der Waals surface area contributed by atoms with E-state index in [2.05, 4.69) is 5.32 Å². The van der Waals surface area contributed by atoms with Crippen LogP contribution >= 0.6 is 0 Å². The summed E-state index contributed by atoms with van der Waals surface area (Å²) in [4.78, 5) is 12.5. The molecule has 3 unspecified atom stereocenters. The van der Waals surface area contributed by atoms with Gasteiger partial charge in [-0.1, -0.05) is 42.8 Å². The number of amides is 1. The number of hydrogen-bond acceptors (Lipinski definition) is 3. The average Bonchev–Trinajstić information content (AvgIpc) is 2.84. The normalized spacial score (nSPS) is 24.0. The van der Waals surface area contributed by atoms with Crippen molar-refractivity contribution >= 4 is 15.7 Å². The molecule has 0 aromatic heterocycles. The van der Waals surface area contributed by atoms with Crippen molar-refractivity contribution in [3.05, 3.63) is 65.5 Å². The second-order valence-corrected chi connectivity index (χ2v) is 8.21. The molecule has 2 aromatic rings. The van der Waals surface area contributed by atoms with Gasteiger partial charge in [-0.2, -0.15) is 0 Å². The fourth-order valence-corrected chi connectivity index (χ4v) is 4.96. The van der Waals surface area contributed by atoms with Crippen molar-refractivity contribution in [2.45, 2.75) is 30.0 Å². The van der Waals surface area contributed by atoms with Crippen LogP contribution in [0.5, 0.6) is 0 Å². The molecule has 1 fully saturated rings. The van der Waals surface area contributed by atoms with Crippen LogP contribution in [0.25, 0.3) is 0 Å². The van der Waals surface area contributed by atoms with E-state index in [1.54, 1.807) is 25.1 Å². The number of halogens is 1. The molecule has 3 rings (SSSR count). The fraction of sp³-hybridized carbons (Fsp3) is 0.278. The van der Waals surface area contributed by atoms with Crippen LogP contribution in [0.1, 0.15) is 24.0 Å². The van der Waals surface area contributed by atoms with E-state index < -0.39 is 38.8 Å². The molecule has 0 radical (unpaired) electrons. The van der Waals surface area contributed by atoms with Gasteiger partial charge >= 0.3 is 0 Å². The highest BCUT2D eigenvalue weighted by Crippen LogP contribution is 2.37. The summed E-state index contributed by atoms with van der Waals surface area (Å²) >= 11 is 0. The summed E-state index contributed by atoms with van der Waals surface area (Å²) in [5.41, 5.74) is 1.17. The molecule has 2 aromatic carbocycles. The summed E-state index contributed by atoms with van der Waals surface area (Å²) in [6.07, 6.45) is 0. The molecule has 1 heterocycles. The topological polar surface area (TPSA) is 63.2 Å². The van der Waals surface area contributed by atoms with Crippen LogP contribution in [0.15, 0.2) is 53.4 Å². The van der Waals surface area contributed by atoms with Gasteiger partial charge in [0.25, 0.3) is 0 Å². The van der Waals surface area contributed by atoms with Crippen LogP contribution in [0.3, 0.4) is 0 Å². The quantitative estimate of drug-likeness (QED) is 0.929. The number of hydrogen-bond donors (Lipinski definition) is 1. The molecule has 1 saturated heterocycles. The molecule has 6 heteroatoms. The Morgan fingerprint density at radius 2 is 1.67 bits per heavy atom. The monoisotopic (exact) mass is 347 g/mol. The van der Waals surface area contributed by atoms with Gasteiger partial charge in [0.1, 0.15) is 11.2 Å². The van der Waals surface area contributed by atoms with Crippen LogP contribution in [0.2, 0.25) is 0 Å². The summed E-state index contributed by atoms with van der Waals surface area (Å²) < 4.78 is 39.8. The number of aryl methyl sites for hydroxylation is 1. The van der Waals surface area contributed by atoms with Gasteiger partial charge in [0.2, 0.25) is 5.91 Å². The van der Waals surface area contributed by atoms with Gasteiger partial charge in [-0.3, -0.25) is 4.79 Å². The highest BCUT2D eigenvalue weighted by molar-refractivity contribution is 7.92.